The third kappa shape index (κ3) is 8.75. The van der Waals surface area contributed by atoms with Gasteiger partial charge >= 0.3 is 11.9 Å². The van der Waals surface area contributed by atoms with Gasteiger partial charge in [0.2, 0.25) is 0 Å². The van der Waals surface area contributed by atoms with E-state index in [2.05, 4.69) is 0 Å². The minimum Gasteiger partial charge on any atom is -0.479 e. The van der Waals surface area contributed by atoms with Crippen molar-refractivity contribution in [2.45, 2.75) is 135 Å². The first-order chi connectivity index (χ1) is 25.0. The van der Waals surface area contributed by atoms with Gasteiger partial charge in [-0.3, -0.25) is 0 Å². The van der Waals surface area contributed by atoms with E-state index in [1.54, 1.807) is 0 Å². The first kappa shape index (κ1) is 42.2. The second kappa shape index (κ2) is 17.5. The topological polar surface area (TPSA) is 389 Å². The quantitative estimate of drug-likeness (QED) is 0.0925. The van der Waals surface area contributed by atoms with Crippen molar-refractivity contribution < 1.29 is 123 Å². The van der Waals surface area contributed by atoms with E-state index in [0.717, 1.165) is 0 Å². The van der Waals surface area contributed by atoms with Crippen LogP contribution < -0.4 is 0 Å². The SMILES string of the molecule is CO[C@H]1OC[C@@H](O)C(O[C@@H]2OC(C(=O)O)[C@@H](O)C(O[C@H]3OC[C@@H](O)C(O[C@@H]4OC(C(=O)O)[C@@H](O)C(O[C@H]5OC[C@@H](O)C(O)C5O)C4O)C3O)C2O)C1O. The number of methoxy groups -OCH3 is 1. The van der Waals surface area contributed by atoms with Crippen molar-refractivity contribution in [3.8, 4) is 0 Å². The maximum absolute atomic E-state index is 12.0. The lowest BCUT2D eigenvalue weighted by Gasteiger charge is -2.47. The van der Waals surface area contributed by atoms with Crippen LogP contribution in [0.4, 0.5) is 0 Å². The van der Waals surface area contributed by atoms with Gasteiger partial charge in [-0.2, -0.15) is 0 Å². The Labute approximate surface area is 297 Å². The van der Waals surface area contributed by atoms with Gasteiger partial charge in [-0.15, -0.1) is 0 Å². The molecule has 12 unspecified atom stereocenters. The first-order valence-electron chi connectivity index (χ1n) is 16.2. The number of rotatable bonds is 11. The lowest BCUT2D eigenvalue weighted by molar-refractivity contribution is -0.380. The Morgan fingerprint density at radius 3 is 1.19 bits per heavy atom. The summed E-state index contributed by atoms with van der Waals surface area (Å²) in [7, 11) is 1.18. The molecule has 0 aromatic heterocycles. The Morgan fingerprint density at radius 2 is 0.774 bits per heavy atom. The van der Waals surface area contributed by atoms with Crippen molar-refractivity contribution in [3.63, 3.8) is 0 Å². The Bertz CT molecular complexity index is 1230. The molecule has 0 radical (unpaired) electrons. The van der Waals surface area contributed by atoms with Crippen LogP contribution in [0.25, 0.3) is 0 Å². The summed E-state index contributed by atoms with van der Waals surface area (Å²) >= 11 is 0. The van der Waals surface area contributed by atoms with Crippen LogP contribution in [-0.2, 0) is 57.0 Å². The van der Waals surface area contributed by atoms with Crippen molar-refractivity contribution in [1.82, 2.24) is 0 Å². The zero-order valence-corrected chi connectivity index (χ0v) is 27.5. The molecule has 0 amide bonds. The number of aliphatic carboxylic acids is 2. The van der Waals surface area contributed by atoms with E-state index in [-0.39, 0.29) is 0 Å². The molecule has 5 fully saturated rings. The van der Waals surface area contributed by atoms with Crippen LogP contribution in [0.5, 0.6) is 0 Å². The van der Waals surface area contributed by atoms with Crippen LogP contribution in [0, 0.1) is 0 Å². The molecule has 25 heteroatoms. The van der Waals surface area contributed by atoms with Gasteiger partial charge < -0.3 is 114 Å². The molecule has 0 saturated carbocycles. The highest BCUT2D eigenvalue weighted by Gasteiger charge is 2.56. The summed E-state index contributed by atoms with van der Waals surface area (Å²) in [5.74, 6) is -3.57. The van der Waals surface area contributed by atoms with Crippen molar-refractivity contribution in [2.75, 3.05) is 26.9 Å². The third-order valence-corrected chi connectivity index (χ3v) is 9.28. The monoisotopic (exact) mass is 780 g/mol. The van der Waals surface area contributed by atoms with Gasteiger partial charge in [0, 0.05) is 7.11 Å². The zero-order valence-electron chi connectivity index (χ0n) is 27.5. The summed E-state index contributed by atoms with van der Waals surface area (Å²) < 4.78 is 52.9. The number of hydrogen-bond donors (Lipinski definition) is 13. The summed E-state index contributed by atoms with van der Waals surface area (Å²) in [6.45, 7) is -1.71. The molecule has 53 heavy (non-hydrogen) atoms. The lowest BCUT2D eigenvalue weighted by Crippen LogP contribution is -2.67. The number of carboxylic acids is 2. The second-order valence-electron chi connectivity index (χ2n) is 12.9. The molecular weight excluding hydrogens is 736 g/mol. The smallest absolute Gasteiger partial charge is 0.335 e. The van der Waals surface area contributed by atoms with Gasteiger partial charge in [0.15, 0.2) is 43.7 Å². The third-order valence-electron chi connectivity index (χ3n) is 9.28. The highest BCUT2D eigenvalue weighted by atomic mass is 16.8. The summed E-state index contributed by atoms with van der Waals surface area (Å²) in [6.07, 6.45) is -42.2. The van der Waals surface area contributed by atoms with Gasteiger partial charge in [-0.05, 0) is 0 Å². The van der Waals surface area contributed by atoms with E-state index in [9.17, 15) is 76.0 Å². The molecule has 5 saturated heterocycles. The molecule has 0 bridgehead atoms. The van der Waals surface area contributed by atoms with Crippen LogP contribution in [-0.4, -0.2) is 240 Å². The largest absolute Gasteiger partial charge is 0.479 e. The van der Waals surface area contributed by atoms with E-state index in [1.807, 2.05) is 0 Å². The summed E-state index contributed by atoms with van der Waals surface area (Å²) in [4.78, 5) is 23.9. The average Bonchev–Trinajstić information content (AvgIpc) is 3.10. The number of carbonyl (C=O) groups is 2. The van der Waals surface area contributed by atoms with Crippen molar-refractivity contribution >= 4 is 11.9 Å². The first-order valence-corrected chi connectivity index (χ1v) is 16.2. The van der Waals surface area contributed by atoms with Crippen LogP contribution in [0.15, 0.2) is 0 Å². The molecule has 0 spiro atoms. The van der Waals surface area contributed by atoms with Crippen LogP contribution in [0.3, 0.4) is 0 Å². The highest BCUT2D eigenvalue weighted by molar-refractivity contribution is 5.73. The molecule has 22 atom stereocenters. The van der Waals surface area contributed by atoms with Gasteiger partial charge in [0.05, 0.1) is 19.8 Å². The van der Waals surface area contributed by atoms with Gasteiger partial charge in [-0.1, -0.05) is 0 Å². The van der Waals surface area contributed by atoms with Gasteiger partial charge in [0.1, 0.15) is 91.6 Å². The van der Waals surface area contributed by atoms with E-state index >= 15 is 0 Å². The fourth-order valence-corrected chi connectivity index (χ4v) is 6.35. The van der Waals surface area contributed by atoms with Crippen LogP contribution in [0.2, 0.25) is 0 Å². The Morgan fingerprint density at radius 1 is 0.434 bits per heavy atom. The number of hydrogen-bond acceptors (Lipinski definition) is 23. The second-order valence-corrected chi connectivity index (χ2v) is 12.9. The van der Waals surface area contributed by atoms with E-state index < -0.39 is 167 Å². The van der Waals surface area contributed by atoms with Crippen molar-refractivity contribution in [3.05, 3.63) is 0 Å². The average molecular weight is 781 g/mol. The number of aliphatic hydroxyl groups is 11. The number of carboxylic acid groups (broad SMARTS) is 2. The molecule has 5 heterocycles. The molecule has 5 aliphatic heterocycles. The number of aliphatic hydroxyl groups excluding tert-OH is 11. The number of ether oxygens (including phenoxy) is 10. The molecule has 306 valence electrons. The molecule has 5 rings (SSSR count). The maximum atomic E-state index is 12.0. The minimum atomic E-state index is -2.20. The Kier molecular flexibility index (Phi) is 13.9. The normalized spacial score (nSPS) is 51.1. The van der Waals surface area contributed by atoms with Gasteiger partial charge in [-0.25, -0.2) is 9.59 Å². The fraction of sp³-hybridized carbons (Fsp3) is 0.929. The predicted molar refractivity (Wildman–Crippen MR) is 154 cm³/mol. The highest BCUT2D eigenvalue weighted by Crippen LogP contribution is 2.34. The Hall–Kier alpha value is -1.90. The summed E-state index contributed by atoms with van der Waals surface area (Å²) in [6, 6.07) is 0. The molecular formula is C28H44O25. The molecule has 0 aliphatic carbocycles. The molecule has 0 aromatic rings. The van der Waals surface area contributed by atoms with E-state index in [4.69, 9.17) is 47.4 Å². The lowest BCUT2D eigenvalue weighted by atomic mass is 9.96. The maximum Gasteiger partial charge on any atom is 0.335 e. The molecule has 5 aliphatic rings. The van der Waals surface area contributed by atoms with Gasteiger partial charge in [0.25, 0.3) is 0 Å². The van der Waals surface area contributed by atoms with Crippen LogP contribution in [0.1, 0.15) is 0 Å². The zero-order chi connectivity index (χ0) is 39.0. The van der Waals surface area contributed by atoms with E-state index in [0.29, 0.717) is 0 Å². The molecule has 0 aromatic carbocycles. The molecule has 13 N–H and O–H groups in total. The standard InChI is InChI=1S/C28H44O25/c1-44-24-12(36)16(6(30)3-45-24)48-27-15(39)19(11(35)21(52-27)23(42)43)51-26-13(37)17(7(31)4-47-26)49-28-14(38)18(10(34)20(53-28)22(40)41)50-25-9(33)8(32)5(29)2-46-25/h5-21,24-39H,2-4H2,1H3,(H,40,41)(H,42,43)/t5-,6-,7-,8?,9?,10+,11+,12?,13?,14?,15?,16?,17?,18?,19?,20?,21?,24+,25-,26-,27-,28-/m1/s1. The van der Waals surface area contributed by atoms with Crippen molar-refractivity contribution in [1.29, 1.82) is 0 Å². The molecule has 25 nitrogen and oxygen atoms in total. The Balaban J connectivity index is 1.31. The van der Waals surface area contributed by atoms with Crippen LogP contribution >= 0.6 is 0 Å². The minimum absolute atomic E-state index is 0.415. The fourth-order valence-electron chi connectivity index (χ4n) is 6.35. The predicted octanol–water partition coefficient (Wildman–Crippen LogP) is -9.17. The summed E-state index contributed by atoms with van der Waals surface area (Å²) in [5, 5.41) is 136. The van der Waals surface area contributed by atoms with Crippen molar-refractivity contribution in [2.24, 2.45) is 0 Å². The summed E-state index contributed by atoms with van der Waals surface area (Å²) in [5.41, 5.74) is 0. The van der Waals surface area contributed by atoms with E-state index in [1.165, 1.54) is 7.11 Å².